The molecule has 0 aliphatic carbocycles. The Balaban J connectivity index is 1.94. The summed E-state index contributed by atoms with van der Waals surface area (Å²) in [6.45, 7) is 5.10. The molecule has 0 spiro atoms. The highest BCUT2D eigenvalue weighted by atomic mass is 16.5. The van der Waals surface area contributed by atoms with E-state index < -0.39 is 0 Å². The number of hydrogen-bond donors (Lipinski definition) is 1. The van der Waals surface area contributed by atoms with E-state index in [4.69, 9.17) is 4.74 Å². The average Bonchev–Trinajstić information content (AvgIpc) is 2.64. The lowest BCUT2D eigenvalue weighted by Gasteiger charge is -2.27. The predicted octanol–water partition coefficient (Wildman–Crippen LogP) is 1.58. The number of rotatable bonds is 4. The van der Waals surface area contributed by atoms with Gasteiger partial charge < -0.3 is 15.0 Å². The normalized spacial score (nSPS) is 14.3. The molecule has 0 radical (unpaired) electrons. The van der Waals surface area contributed by atoms with Gasteiger partial charge in [0, 0.05) is 19.6 Å². The number of benzene rings is 1. The van der Waals surface area contributed by atoms with Crippen molar-refractivity contribution in [1.29, 1.82) is 0 Å². The molecule has 1 aliphatic rings. The third-order valence-electron chi connectivity index (χ3n) is 3.59. The Labute approximate surface area is 140 Å². The number of anilines is 3. The van der Waals surface area contributed by atoms with Crippen LogP contribution >= 0.6 is 0 Å². The molecule has 1 saturated heterocycles. The minimum Gasteiger partial charge on any atom is -0.378 e. The number of aromatic nitrogens is 3. The smallest absolute Gasteiger partial charge is 0.328 e. The zero-order chi connectivity index (χ0) is 16.8. The first-order chi connectivity index (χ1) is 11.8. The van der Waals surface area contributed by atoms with Crippen LogP contribution in [0.2, 0.25) is 0 Å². The second-order valence-corrected chi connectivity index (χ2v) is 5.19. The van der Waals surface area contributed by atoms with Crippen molar-refractivity contribution >= 4 is 23.6 Å². The summed E-state index contributed by atoms with van der Waals surface area (Å²) < 4.78 is 5.35. The average molecular weight is 328 g/mol. The third-order valence-corrected chi connectivity index (χ3v) is 3.59. The van der Waals surface area contributed by atoms with Gasteiger partial charge in [-0.2, -0.15) is 4.98 Å². The van der Waals surface area contributed by atoms with Gasteiger partial charge in [0.25, 0.3) is 0 Å². The van der Waals surface area contributed by atoms with E-state index in [9.17, 15) is 4.79 Å². The van der Waals surface area contributed by atoms with Crippen LogP contribution in [0.3, 0.4) is 0 Å². The first kappa shape index (κ1) is 16.1. The lowest BCUT2D eigenvalue weighted by atomic mass is 10.3. The molecule has 8 heteroatoms. The molecule has 2 heterocycles. The number of para-hydroxylation sites is 1. The van der Waals surface area contributed by atoms with Gasteiger partial charge in [0.1, 0.15) is 6.33 Å². The van der Waals surface area contributed by atoms with Crippen molar-refractivity contribution in [1.82, 2.24) is 20.3 Å². The number of ether oxygens (including phenoxy) is 1. The minimum atomic E-state index is -0.275. The number of amides is 2. The molecule has 24 heavy (non-hydrogen) atoms. The fraction of sp³-hybridized carbons (Fsp3) is 0.375. The van der Waals surface area contributed by atoms with Gasteiger partial charge in [-0.1, -0.05) is 18.2 Å². The number of nitrogens with one attached hydrogen (secondary N) is 1. The van der Waals surface area contributed by atoms with E-state index in [0.29, 0.717) is 37.3 Å². The van der Waals surface area contributed by atoms with Gasteiger partial charge in [0.2, 0.25) is 11.9 Å². The van der Waals surface area contributed by atoms with Gasteiger partial charge in [-0.3, -0.25) is 0 Å². The summed E-state index contributed by atoms with van der Waals surface area (Å²) in [6, 6.07) is 9.03. The molecule has 2 amide bonds. The maximum absolute atomic E-state index is 12.5. The predicted molar refractivity (Wildman–Crippen MR) is 90.5 cm³/mol. The highest BCUT2D eigenvalue weighted by Crippen LogP contribution is 2.23. The van der Waals surface area contributed by atoms with Crippen molar-refractivity contribution in [2.45, 2.75) is 6.92 Å². The van der Waals surface area contributed by atoms with Crippen molar-refractivity contribution < 1.29 is 9.53 Å². The van der Waals surface area contributed by atoms with Gasteiger partial charge in [-0.25, -0.2) is 19.7 Å². The summed E-state index contributed by atoms with van der Waals surface area (Å²) in [5.74, 6) is 0.845. The maximum atomic E-state index is 12.5. The molecule has 1 aliphatic heterocycles. The van der Waals surface area contributed by atoms with E-state index in [2.05, 4.69) is 20.3 Å². The molecular weight excluding hydrogens is 308 g/mol. The number of morpholine rings is 1. The number of hydrogen-bond acceptors (Lipinski definition) is 6. The Hall–Kier alpha value is -2.74. The molecule has 2 aromatic rings. The third kappa shape index (κ3) is 3.60. The van der Waals surface area contributed by atoms with Crippen LogP contribution < -0.4 is 15.1 Å². The van der Waals surface area contributed by atoms with Crippen LogP contribution in [0.1, 0.15) is 6.92 Å². The monoisotopic (exact) mass is 328 g/mol. The highest BCUT2D eigenvalue weighted by molar-refractivity contribution is 5.97. The van der Waals surface area contributed by atoms with E-state index in [1.165, 1.54) is 11.2 Å². The van der Waals surface area contributed by atoms with Crippen molar-refractivity contribution in [3.63, 3.8) is 0 Å². The van der Waals surface area contributed by atoms with Gasteiger partial charge in [-0.15, -0.1) is 0 Å². The first-order valence-electron chi connectivity index (χ1n) is 7.94. The summed E-state index contributed by atoms with van der Waals surface area (Å²) in [7, 11) is 0. The molecule has 1 fully saturated rings. The van der Waals surface area contributed by atoms with Crippen LogP contribution in [-0.2, 0) is 4.74 Å². The quantitative estimate of drug-likeness (QED) is 0.917. The summed E-state index contributed by atoms with van der Waals surface area (Å²) in [6.07, 6.45) is 1.43. The van der Waals surface area contributed by atoms with Gasteiger partial charge in [0.05, 0.1) is 18.9 Å². The minimum absolute atomic E-state index is 0.275. The lowest BCUT2D eigenvalue weighted by molar-refractivity contribution is 0.122. The molecule has 0 atom stereocenters. The Morgan fingerprint density at radius 2 is 2.00 bits per heavy atom. The SMILES string of the molecule is CCNC(=O)N(c1ccccc1)c1ncnc(N2CCOCC2)n1. The summed E-state index contributed by atoms with van der Waals surface area (Å²) in [5, 5.41) is 2.79. The topological polar surface area (TPSA) is 83.5 Å². The Bertz CT molecular complexity index is 675. The van der Waals surface area contributed by atoms with Crippen molar-refractivity contribution in [2.75, 3.05) is 42.6 Å². The summed E-state index contributed by atoms with van der Waals surface area (Å²) >= 11 is 0. The molecular formula is C16H20N6O2. The Morgan fingerprint density at radius 3 is 2.71 bits per heavy atom. The van der Waals surface area contributed by atoms with Crippen molar-refractivity contribution in [3.05, 3.63) is 36.7 Å². The fourth-order valence-electron chi connectivity index (χ4n) is 2.43. The molecule has 3 rings (SSSR count). The van der Waals surface area contributed by atoms with Crippen molar-refractivity contribution in [2.24, 2.45) is 0 Å². The molecule has 126 valence electrons. The van der Waals surface area contributed by atoms with Crippen LogP contribution in [0, 0.1) is 0 Å². The van der Waals surface area contributed by atoms with E-state index in [1.807, 2.05) is 42.2 Å². The van der Waals surface area contributed by atoms with Gasteiger partial charge in [0.15, 0.2) is 0 Å². The lowest BCUT2D eigenvalue weighted by Crippen LogP contribution is -2.39. The highest BCUT2D eigenvalue weighted by Gasteiger charge is 2.22. The van der Waals surface area contributed by atoms with Crippen molar-refractivity contribution in [3.8, 4) is 0 Å². The van der Waals surface area contributed by atoms with Crippen LogP contribution in [0.15, 0.2) is 36.7 Å². The molecule has 1 N–H and O–H groups in total. The molecule has 1 aromatic heterocycles. The van der Waals surface area contributed by atoms with E-state index in [1.54, 1.807) is 0 Å². The molecule has 1 aromatic carbocycles. The summed E-state index contributed by atoms with van der Waals surface area (Å²) in [4.78, 5) is 28.9. The standard InChI is InChI=1S/C16H20N6O2/c1-2-17-16(23)22(13-6-4-3-5-7-13)15-19-12-18-14(20-15)21-8-10-24-11-9-21/h3-7,12H,2,8-11H2,1H3,(H,17,23). The number of carbonyl (C=O) groups is 1. The number of urea groups is 1. The molecule has 0 saturated carbocycles. The maximum Gasteiger partial charge on any atom is 0.328 e. The van der Waals surface area contributed by atoms with Crippen LogP contribution in [0.5, 0.6) is 0 Å². The van der Waals surface area contributed by atoms with Gasteiger partial charge in [-0.05, 0) is 19.1 Å². The largest absolute Gasteiger partial charge is 0.378 e. The Kier molecular flexibility index (Phi) is 5.17. The zero-order valence-electron chi connectivity index (χ0n) is 13.6. The van der Waals surface area contributed by atoms with E-state index in [-0.39, 0.29) is 6.03 Å². The summed E-state index contributed by atoms with van der Waals surface area (Å²) in [5.41, 5.74) is 0.697. The van der Waals surface area contributed by atoms with Crippen LogP contribution in [-0.4, -0.2) is 53.8 Å². The van der Waals surface area contributed by atoms with E-state index >= 15 is 0 Å². The number of carbonyl (C=O) groups excluding carboxylic acids is 1. The van der Waals surface area contributed by atoms with Crippen LogP contribution in [0.4, 0.5) is 22.4 Å². The molecule has 8 nitrogen and oxygen atoms in total. The first-order valence-corrected chi connectivity index (χ1v) is 7.94. The zero-order valence-corrected chi connectivity index (χ0v) is 13.6. The van der Waals surface area contributed by atoms with E-state index in [0.717, 1.165) is 13.1 Å². The van der Waals surface area contributed by atoms with Crippen LogP contribution in [0.25, 0.3) is 0 Å². The molecule has 0 unspecified atom stereocenters. The molecule has 0 bridgehead atoms. The fourth-order valence-corrected chi connectivity index (χ4v) is 2.43. The second-order valence-electron chi connectivity index (χ2n) is 5.19. The second kappa shape index (κ2) is 7.69. The number of nitrogens with zero attached hydrogens (tertiary/aromatic N) is 5. The Morgan fingerprint density at radius 1 is 1.25 bits per heavy atom. The van der Waals surface area contributed by atoms with Gasteiger partial charge >= 0.3 is 6.03 Å².